The minimum absolute atomic E-state index is 0.0216. The minimum Gasteiger partial charge on any atom is -0.393 e. The van der Waals surface area contributed by atoms with Crippen molar-refractivity contribution in [2.45, 2.75) is 64.0 Å². The van der Waals surface area contributed by atoms with E-state index in [4.69, 9.17) is 0 Å². The maximum Gasteiger partial charge on any atom is 0.218 e. The lowest BCUT2D eigenvalue weighted by Gasteiger charge is -2.27. The number of aliphatic hydroxyl groups excluding tert-OH is 1. The molecule has 2 N–H and O–H groups in total. The molecule has 6 heteroatoms. The van der Waals surface area contributed by atoms with Crippen LogP contribution in [0.15, 0.2) is 54.6 Å². The molecule has 0 radical (unpaired) electrons. The molecule has 1 fully saturated rings. The van der Waals surface area contributed by atoms with Crippen LogP contribution in [0.1, 0.15) is 50.7 Å². The highest BCUT2D eigenvalue weighted by Gasteiger charge is 2.24. The molecule has 164 valence electrons. The number of rotatable bonds is 9. The Hall–Kier alpha value is -1.89. The van der Waals surface area contributed by atoms with Gasteiger partial charge in [0.05, 0.1) is 11.9 Å². The minimum atomic E-state index is -3.41. The molecular weight excluding hydrogens is 396 g/mol. The Kier molecular flexibility index (Phi) is 7.92. The van der Waals surface area contributed by atoms with Crippen molar-refractivity contribution in [2.75, 3.05) is 11.9 Å². The third-order valence-corrected chi connectivity index (χ3v) is 7.30. The van der Waals surface area contributed by atoms with E-state index >= 15 is 0 Å². The number of nitrogens with zero attached hydrogens (tertiary/aromatic N) is 1. The molecule has 3 rings (SSSR count). The summed E-state index contributed by atoms with van der Waals surface area (Å²) >= 11 is 0. The van der Waals surface area contributed by atoms with Crippen molar-refractivity contribution in [3.63, 3.8) is 0 Å². The lowest BCUT2D eigenvalue weighted by Crippen LogP contribution is -2.34. The number of sulfonamides is 1. The molecule has 0 spiro atoms. The Bertz CT molecular complexity index is 874. The molecule has 5 nitrogen and oxygen atoms in total. The zero-order valence-corrected chi connectivity index (χ0v) is 18.8. The maximum atomic E-state index is 13.1. The van der Waals surface area contributed by atoms with Gasteiger partial charge in [0.15, 0.2) is 0 Å². The highest BCUT2D eigenvalue weighted by molar-refractivity contribution is 7.88. The molecule has 0 unspecified atom stereocenters. The number of nitrogens with one attached hydrogen (secondary N) is 1. The summed E-state index contributed by atoms with van der Waals surface area (Å²) in [7, 11) is -3.41. The van der Waals surface area contributed by atoms with Gasteiger partial charge in [0, 0.05) is 24.8 Å². The molecule has 0 bridgehead atoms. The largest absolute Gasteiger partial charge is 0.393 e. The maximum absolute atomic E-state index is 13.1. The Morgan fingerprint density at radius 2 is 1.60 bits per heavy atom. The highest BCUT2D eigenvalue weighted by atomic mass is 32.2. The van der Waals surface area contributed by atoms with Crippen molar-refractivity contribution in [1.29, 1.82) is 0 Å². The van der Waals surface area contributed by atoms with Gasteiger partial charge in [0.25, 0.3) is 0 Å². The number of hydrogen-bond donors (Lipinski definition) is 2. The normalized spacial score (nSPS) is 19.9. The molecule has 0 saturated heterocycles. The summed E-state index contributed by atoms with van der Waals surface area (Å²) in [4.78, 5) is 0. The van der Waals surface area contributed by atoms with Crippen LogP contribution < -0.4 is 5.32 Å². The number of aliphatic hydroxyl groups is 1. The molecular formula is C24H34N2O3S. The molecule has 0 aromatic heterocycles. The first-order valence-corrected chi connectivity index (χ1v) is 12.5. The predicted octanol–water partition coefficient (Wildman–Crippen LogP) is 4.39. The average molecular weight is 431 g/mol. The van der Waals surface area contributed by atoms with Crippen molar-refractivity contribution in [2.24, 2.45) is 5.92 Å². The van der Waals surface area contributed by atoms with Crippen molar-refractivity contribution in [3.05, 3.63) is 65.7 Å². The first-order chi connectivity index (χ1) is 14.3. The molecule has 1 aliphatic rings. The third-order valence-electron chi connectivity index (χ3n) is 5.53. The van der Waals surface area contributed by atoms with Gasteiger partial charge in [-0.05, 0) is 54.9 Å². The third kappa shape index (κ3) is 6.83. The molecule has 0 heterocycles. The summed E-state index contributed by atoms with van der Waals surface area (Å²) in [5.41, 5.74) is 2.84. The van der Waals surface area contributed by atoms with Gasteiger partial charge in [0.1, 0.15) is 0 Å². The van der Waals surface area contributed by atoms with E-state index in [2.05, 4.69) is 5.32 Å². The van der Waals surface area contributed by atoms with Crippen molar-refractivity contribution < 1.29 is 13.5 Å². The monoisotopic (exact) mass is 430 g/mol. The quantitative estimate of drug-likeness (QED) is 0.619. The Morgan fingerprint density at radius 3 is 2.20 bits per heavy atom. The van der Waals surface area contributed by atoms with E-state index in [0.717, 1.165) is 42.5 Å². The van der Waals surface area contributed by atoms with Gasteiger partial charge in [0.2, 0.25) is 10.0 Å². The zero-order valence-electron chi connectivity index (χ0n) is 18.0. The van der Waals surface area contributed by atoms with E-state index in [1.54, 1.807) is 4.31 Å². The van der Waals surface area contributed by atoms with E-state index in [1.165, 1.54) is 0 Å². The van der Waals surface area contributed by atoms with Crippen LogP contribution >= 0.6 is 0 Å². The smallest absolute Gasteiger partial charge is 0.218 e. The van der Waals surface area contributed by atoms with E-state index in [-0.39, 0.29) is 17.8 Å². The summed E-state index contributed by atoms with van der Waals surface area (Å²) in [6.45, 7) is 4.96. The SMILES string of the molecule is CC(C)CN(Cc1ccc(NC2CCC(O)CC2)cc1)S(=O)(=O)Cc1ccccc1. The summed E-state index contributed by atoms with van der Waals surface area (Å²) in [6, 6.07) is 17.8. The van der Waals surface area contributed by atoms with Gasteiger partial charge in [-0.2, -0.15) is 4.31 Å². The van der Waals surface area contributed by atoms with E-state index < -0.39 is 10.0 Å². The van der Waals surface area contributed by atoms with Crippen molar-refractivity contribution in [1.82, 2.24) is 4.31 Å². The molecule has 1 aliphatic carbocycles. The van der Waals surface area contributed by atoms with Crippen LogP contribution in [0.5, 0.6) is 0 Å². The van der Waals surface area contributed by atoms with Crippen LogP contribution in [0.25, 0.3) is 0 Å². The van der Waals surface area contributed by atoms with E-state index in [9.17, 15) is 13.5 Å². The molecule has 30 heavy (non-hydrogen) atoms. The van der Waals surface area contributed by atoms with Crippen LogP contribution in [0, 0.1) is 5.92 Å². The first kappa shape index (κ1) is 22.8. The first-order valence-electron chi connectivity index (χ1n) is 10.9. The molecule has 2 aromatic rings. The summed E-state index contributed by atoms with van der Waals surface area (Å²) in [5.74, 6) is 0.270. The second-order valence-electron chi connectivity index (χ2n) is 8.77. The molecule has 1 saturated carbocycles. The highest BCUT2D eigenvalue weighted by Crippen LogP contribution is 2.23. The van der Waals surface area contributed by atoms with Gasteiger partial charge >= 0.3 is 0 Å². The van der Waals surface area contributed by atoms with Crippen LogP contribution in [-0.2, 0) is 22.3 Å². The predicted molar refractivity (Wildman–Crippen MR) is 123 cm³/mol. The summed E-state index contributed by atoms with van der Waals surface area (Å²) in [5, 5.41) is 13.2. The van der Waals surface area contributed by atoms with Crippen LogP contribution in [0.2, 0.25) is 0 Å². The fourth-order valence-electron chi connectivity index (χ4n) is 3.93. The number of anilines is 1. The zero-order chi connectivity index (χ0) is 21.6. The number of benzene rings is 2. The Labute approximate surface area is 181 Å². The van der Waals surface area contributed by atoms with Crippen molar-refractivity contribution in [3.8, 4) is 0 Å². The van der Waals surface area contributed by atoms with Gasteiger partial charge in [-0.25, -0.2) is 8.42 Å². The lowest BCUT2D eigenvalue weighted by atomic mass is 9.93. The average Bonchev–Trinajstić information content (AvgIpc) is 2.71. The second-order valence-corrected chi connectivity index (χ2v) is 10.7. The second kappa shape index (κ2) is 10.4. The summed E-state index contributed by atoms with van der Waals surface area (Å²) in [6.07, 6.45) is 3.49. The van der Waals surface area contributed by atoms with E-state index in [0.29, 0.717) is 19.1 Å². The Morgan fingerprint density at radius 1 is 0.967 bits per heavy atom. The molecule has 0 atom stereocenters. The Balaban J connectivity index is 1.65. The van der Waals surface area contributed by atoms with Crippen LogP contribution in [-0.4, -0.2) is 36.5 Å². The number of hydrogen-bond acceptors (Lipinski definition) is 4. The standard InChI is InChI=1S/C24H34N2O3S/c1-19(2)16-26(30(28,29)18-21-6-4-3-5-7-21)17-20-8-10-22(11-9-20)25-23-12-14-24(27)15-13-23/h3-11,19,23-25,27H,12-18H2,1-2H3. The van der Waals surface area contributed by atoms with E-state index in [1.807, 2.05) is 68.4 Å². The van der Waals surface area contributed by atoms with Gasteiger partial charge < -0.3 is 10.4 Å². The molecule has 2 aromatic carbocycles. The lowest BCUT2D eigenvalue weighted by molar-refractivity contribution is 0.126. The topological polar surface area (TPSA) is 69.6 Å². The molecule has 0 amide bonds. The van der Waals surface area contributed by atoms with Gasteiger partial charge in [-0.15, -0.1) is 0 Å². The molecule has 0 aliphatic heterocycles. The van der Waals surface area contributed by atoms with Gasteiger partial charge in [-0.1, -0.05) is 56.3 Å². The summed E-state index contributed by atoms with van der Waals surface area (Å²) < 4.78 is 27.8. The fourth-order valence-corrected chi connectivity index (χ4v) is 5.59. The van der Waals surface area contributed by atoms with Crippen LogP contribution in [0.3, 0.4) is 0 Å². The fraction of sp³-hybridized carbons (Fsp3) is 0.500. The van der Waals surface area contributed by atoms with Crippen molar-refractivity contribution >= 4 is 15.7 Å². The van der Waals surface area contributed by atoms with Crippen LogP contribution in [0.4, 0.5) is 5.69 Å². The van der Waals surface area contributed by atoms with Gasteiger partial charge in [-0.3, -0.25) is 0 Å².